The molecule has 0 saturated carbocycles. The summed E-state index contributed by atoms with van der Waals surface area (Å²) in [5.41, 5.74) is 5.29. The minimum absolute atomic E-state index is 0.364. The van der Waals surface area contributed by atoms with Gasteiger partial charge in [-0.05, 0) is 0 Å². The predicted molar refractivity (Wildman–Crippen MR) is 48.4 cm³/mol. The molecule has 0 aliphatic heterocycles. The monoisotopic (exact) mass is 204 g/mol. The zero-order valence-electron chi connectivity index (χ0n) is 6.14. The van der Waals surface area contributed by atoms with Crippen molar-refractivity contribution < 1.29 is 9.90 Å². The van der Waals surface area contributed by atoms with Crippen molar-refractivity contribution in [3.63, 3.8) is 0 Å². The van der Waals surface area contributed by atoms with Crippen molar-refractivity contribution in [1.82, 2.24) is 4.98 Å². The molecule has 1 atom stereocenters. The molecule has 3 N–H and O–H groups in total. The van der Waals surface area contributed by atoms with Gasteiger partial charge in [0.1, 0.15) is 10.4 Å². The molecular formula is C6H8N2O2S2. The highest BCUT2D eigenvalue weighted by molar-refractivity contribution is 8.01. The average Bonchev–Trinajstić information content (AvgIpc) is 2.51. The molecule has 12 heavy (non-hydrogen) atoms. The molecule has 0 amide bonds. The van der Waals surface area contributed by atoms with Gasteiger partial charge >= 0.3 is 5.97 Å². The van der Waals surface area contributed by atoms with Gasteiger partial charge in [-0.2, -0.15) is 0 Å². The van der Waals surface area contributed by atoms with E-state index in [1.165, 1.54) is 23.1 Å². The fraction of sp³-hybridized carbons (Fsp3) is 0.333. The highest BCUT2D eigenvalue weighted by Gasteiger charge is 2.11. The Bertz CT molecular complexity index is 250. The molecule has 0 saturated heterocycles. The Kier molecular flexibility index (Phi) is 3.51. The minimum Gasteiger partial charge on any atom is -0.480 e. The van der Waals surface area contributed by atoms with Gasteiger partial charge in [0.15, 0.2) is 0 Å². The van der Waals surface area contributed by atoms with Crippen molar-refractivity contribution in [2.24, 2.45) is 5.73 Å². The van der Waals surface area contributed by atoms with Crippen LogP contribution in [0.5, 0.6) is 0 Å². The van der Waals surface area contributed by atoms with Crippen LogP contribution in [0.1, 0.15) is 0 Å². The Hall–Kier alpha value is -0.590. The molecular weight excluding hydrogens is 196 g/mol. The van der Waals surface area contributed by atoms with E-state index in [-0.39, 0.29) is 0 Å². The highest BCUT2D eigenvalue weighted by atomic mass is 32.2. The molecule has 0 unspecified atom stereocenters. The number of carbonyl (C=O) groups is 1. The number of hydrogen-bond donors (Lipinski definition) is 2. The quantitative estimate of drug-likeness (QED) is 0.704. The molecule has 0 aliphatic carbocycles. The summed E-state index contributed by atoms with van der Waals surface area (Å²) >= 11 is 2.85. The number of carboxylic acids is 1. The van der Waals surface area contributed by atoms with Gasteiger partial charge in [-0.1, -0.05) is 11.8 Å². The highest BCUT2D eigenvalue weighted by Crippen LogP contribution is 2.20. The smallest absolute Gasteiger partial charge is 0.321 e. The lowest BCUT2D eigenvalue weighted by atomic mass is 10.4. The fourth-order valence-electron chi connectivity index (χ4n) is 0.514. The molecule has 1 aromatic heterocycles. The first-order valence-electron chi connectivity index (χ1n) is 3.21. The van der Waals surface area contributed by atoms with E-state index in [1.807, 2.05) is 5.38 Å². The van der Waals surface area contributed by atoms with Crippen LogP contribution in [0.25, 0.3) is 0 Å². The van der Waals surface area contributed by atoms with Crippen LogP contribution in [0.2, 0.25) is 0 Å². The van der Waals surface area contributed by atoms with Gasteiger partial charge in [-0.3, -0.25) is 4.79 Å². The number of aliphatic carboxylic acids is 1. The summed E-state index contributed by atoms with van der Waals surface area (Å²) in [6.45, 7) is 0. The van der Waals surface area contributed by atoms with Gasteiger partial charge in [-0.25, -0.2) is 4.98 Å². The van der Waals surface area contributed by atoms with Crippen LogP contribution in [0.3, 0.4) is 0 Å². The van der Waals surface area contributed by atoms with Gasteiger partial charge in [0.05, 0.1) is 0 Å². The zero-order chi connectivity index (χ0) is 8.97. The Balaban J connectivity index is 2.31. The van der Waals surface area contributed by atoms with E-state index < -0.39 is 12.0 Å². The SMILES string of the molecule is N[C@H](CSc1nccs1)C(=O)O. The number of rotatable bonds is 4. The van der Waals surface area contributed by atoms with Crippen LogP contribution in [-0.2, 0) is 4.79 Å². The van der Waals surface area contributed by atoms with Crippen LogP contribution in [0.4, 0.5) is 0 Å². The van der Waals surface area contributed by atoms with Gasteiger partial charge < -0.3 is 10.8 Å². The lowest BCUT2D eigenvalue weighted by molar-refractivity contribution is -0.137. The number of thioether (sulfide) groups is 1. The second kappa shape index (κ2) is 4.44. The number of carboxylic acid groups (broad SMARTS) is 1. The maximum Gasteiger partial charge on any atom is 0.321 e. The van der Waals surface area contributed by atoms with Crippen LogP contribution < -0.4 is 5.73 Å². The summed E-state index contributed by atoms with van der Waals surface area (Å²) in [6.07, 6.45) is 1.68. The maximum absolute atomic E-state index is 10.3. The number of aromatic nitrogens is 1. The van der Waals surface area contributed by atoms with E-state index in [4.69, 9.17) is 10.8 Å². The summed E-state index contributed by atoms with van der Waals surface area (Å²) in [4.78, 5) is 14.3. The normalized spacial score (nSPS) is 12.8. The second-order valence-corrected chi connectivity index (χ2v) is 4.22. The number of thiazole rings is 1. The lowest BCUT2D eigenvalue weighted by Gasteiger charge is -2.02. The summed E-state index contributed by atoms with van der Waals surface area (Å²) in [7, 11) is 0. The first-order valence-corrected chi connectivity index (χ1v) is 5.07. The zero-order valence-corrected chi connectivity index (χ0v) is 7.77. The number of hydrogen-bond acceptors (Lipinski definition) is 5. The molecule has 4 nitrogen and oxygen atoms in total. The molecule has 0 fully saturated rings. The van der Waals surface area contributed by atoms with Crippen molar-refractivity contribution in [1.29, 1.82) is 0 Å². The third-order valence-electron chi connectivity index (χ3n) is 1.11. The summed E-state index contributed by atoms with van der Waals surface area (Å²) < 4.78 is 0.853. The van der Waals surface area contributed by atoms with Crippen molar-refractivity contribution in [2.45, 2.75) is 10.4 Å². The minimum atomic E-state index is -0.973. The van der Waals surface area contributed by atoms with Gasteiger partial charge in [-0.15, -0.1) is 11.3 Å². The maximum atomic E-state index is 10.3. The summed E-state index contributed by atoms with van der Waals surface area (Å²) in [5, 5.41) is 10.3. The van der Waals surface area contributed by atoms with Crippen LogP contribution in [0, 0.1) is 0 Å². The van der Waals surface area contributed by atoms with Gasteiger partial charge in [0, 0.05) is 17.3 Å². The Morgan fingerprint density at radius 3 is 3.17 bits per heavy atom. The van der Waals surface area contributed by atoms with E-state index in [9.17, 15) is 4.79 Å². The summed E-state index contributed by atoms with van der Waals surface area (Å²) in [5.74, 6) is -0.609. The van der Waals surface area contributed by atoms with E-state index in [1.54, 1.807) is 6.20 Å². The average molecular weight is 204 g/mol. The Morgan fingerprint density at radius 2 is 2.67 bits per heavy atom. The Labute approximate surface area is 77.8 Å². The molecule has 0 aromatic carbocycles. The molecule has 1 aromatic rings. The standard InChI is InChI=1S/C6H8N2O2S2/c7-4(5(9)10)3-12-6-8-1-2-11-6/h1-2,4H,3,7H2,(H,9,10)/t4-/m1/s1. The molecule has 0 aliphatic rings. The third kappa shape index (κ3) is 2.80. The molecule has 0 spiro atoms. The van der Waals surface area contributed by atoms with Crippen LogP contribution >= 0.6 is 23.1 Å². The van der Waals surface area contributed by atoms with E-state index >= 15 is 0 Å². The first kappa shape index (κ1) is 9.50. The van der Waals surface area contributed by atoms with Crippen LogP contribution in [-0.4, -0.2) is 27.9 Å². The topological polar surface area (TPSA) is 76.2 Å². The fourth-order valence-corrected chi connectivity index (χ4v) is 2.12. The molecule has 6 heteroatoms. The Morgan fingerprint density at radius 1 is 1.92 bits per heavy atom. The molecule has 1 rings (SSSR count). The molecule has 0 radical (unpaired) electrons. The second-order valence-electron chi connectivity index (χ2n) is 2.05. The van der Waals surface area contributed by atoms with E-state index in [0.29, 0.717) is 5.75 Å². The van der Waals surface area contributed by atoms with Crippen molar-refractivity contribution >= 4 is 29.1 Å². The number of nitrogens with zero attached hydrogens (tertiary/aromatic N) is 1. The predicted octanol–water partition coefficient (Wildman–Crippen LogP) is 0.647. The summed E-state index contributed by atoms with van der Waals surface area (Å²) in [6, 6.07) is -0.807. The first-order chi connectivity index (χ1) is 5.70. The van der Waals surface area contributed by atoms with Crippen LogP contribution in [0.15, 0.2) is 15.9 Å². The molecule has 1 heterocycles. The van der Waals surface area contributed by atoms with E-state index in [2.05, 4.69) is 4.98 Å². The van der Waals surface area contributed by atoms with Crippen molar-refractivity contribution in [3.05, 3.63) is 11.6 Å². The molecule has 0 bridgehead atoms. The van der Waals surface area contributed by atoms with Gasteiger partial charge in [0.2, 0.25) is 0 Å². The van der Waals surface area contributed by atoms with Crippen molar-refractivity contribution in [2.75, 3.05) is 5.75 Å². The van der Waals surface area contributed by atoms with Crippen molar-refractivity contribution in [3.8, 4) is 0 Å². The van der Waals surface area contributed by atoms with Gasteiger partial charge in [0.25, 0.3) is 0 Å². The number of nitrogens with two attached hydrogens (primary N) is 1. The molecule has 66 valence electrons. The lowest BCUT2D eigenvalue weighted by Crippen LogP contribution is -2.32. The largest absolute Gasteiger partial charge is 0.480 e. The third-order valence-corrected chi connectivity index (χ3v) is 3.20. The van der Waals surface area contributed by atoms with E-state index in [0.717, 1.165) is 4.34 Å².